The number of nitrogens with zero attached hydrogens (tertiary/aromatic N) is 4. The van der Waals surface area contributed by atoms with Gasteiger partial charge in [0.25, 0.3) is 11.5 Å². The van der Waals surface area contributed by atoms with E-state index in [-0.39, 0.29) is 17.5 Å². The third-order valence-corrected chi connectivity index (χ3v) is 5.33. The van der Waals surface area contributed by atoms with Crippen molar-refractivity contribution < 1.29 is 4.79 Å². The quantitative estimate of drug-likeness (QED) is 0.498. The van der Waals surface area contributed by atoms with Gasteiger partial charge in [-0.05, 0) is 36.2 Å². The molecule has 0 saturated heterocycles. The van der Waals surface area contributed by atoms with Crippen molar-refractivity contribution in [2.24, 2.45) is 0 Å². The number of aryl methyl sites for hydroxylation is 1. The van der Waals surface area contributed by atoms with Gasteiger partial charge < -0.3 is 10.3 Å². The van der Waals surface area contributed by atoms with Crippen molar-refractivity contribution in [2.45, 2.75) is 19.4 Å². The Morgan fingerprint density at radius 3 is 2.73 bits per heavy atom. The summed E-state index contributed by atoms with van der Waals surface area (Å²) in [5, 5.41) is 6.93. The predicted octanol–water partition coefficient (Wildman–Crippen LogP) is 2.71. The molecule has 0 aliphatic carbocycles. The average Bonchev–Trinajstić information content (AvgIpc) is 3.20. The summed E-state index contributed by atoms with van der Waals surface area (Å²) < 4.78 is 3.83. The van der Waals surface area contributed by atoms with Crippen LogP contribution in [0.15, 0.2) is 65.7 Å². The molecule has 0 unspecified atom stereocenters. The fourth-order valence-electron chi connectivity index (χ4n) is 3.06. The van der Waals surface area contributed by atoms with Crippen LogP contribution in [0.4, 0.5) is 0 Å². The molecule has 0 aliphatic rings. The van der Waals surface area contributed by atoms with E-state index < -0.39 is 0 Å². The minimum Gasteiger partial charge on any atom is -0.344 e. The van der Waals surface area contributed by atoms with E-state index in [0.29, 0.717) is 34.1 Å². The first-order valence-electron chi connectivity index (χ1n) is 9.25. The van der Waals surface area contributed by atoms with Crippen LogP contribution in [0.1, 0.15) is 32.7 Å². The van der Waals surface area contributed by atoms with Crippen molar-refractivity contribution in [3.05, 3.63) is 93.1 Å². The van der Waals surface area contributed by atoms with Crippen molar-refractivity contribution in [1.29, 1.82) is 0 Å². The molecule has 0 radical (unpaired) electrons. The highest BCUT2D eigenvalue weighted by Crippen LogP contribution is 2.20. The molecule has 4 aromatic rings. The van der Waals surface area contributed by atoms with Gasteiger partial charge in [-0.2, -0.15) is 0 Å². The lowest BCUT2D eigenvalue weighted by atomic mass is 10.0. The second-order valence-electron chi connectivity index (χ2n) is 6.66. The lowest BCUT2D eigenvalue weighted by Gasteiger charge is -2.19. The lowest BCUT2D eigenvalue weighted by Crippen LogP contribution is -2.30. The number of rotatable bonds is 6. The zero-order valence-corrected chi connectivity index (χ0v) is 16.9. The van der Waals surface area contributed by atoms with E-state index in [1.54, 1.807) is 25.4 Å². The SMILES string of the molecule is Cc1nnsc1C(=O)N[C@H](Cc1cc(=O)[nH]c(-c2cccnc2)n1)c1ccccc1. The van der Waals surface area contributed by atoms with Gasteiger partial charge in [0.05, 0.1) is 17.4 Å². The van der Waals surface area contributed by atoms with Gasteiger partial charge in [0.15, 0.2) is 0 Å². The molecule has 0 aliphatic heterocycles. The predicted molar refractivity (Wildman–Crippen MR) is 113 cm³/mol. The van der Waals surface area contributed by atoms with Gasteiger partial charge in [0.2, 0.25) is 0 Å². The number of hydrogen-bond acceptors (Lipinski definition) is 7. The first kappa shape index (κ1) is 19.6. The van der Waals surface area contributed by atoms with Crippen LogP contribution in [0.3, 0.4) is 0 Å². The standard InChI is InChI=1S/C21H18N6O2S/c1-13-19(30-27-26-13)21(29)24-17(14-6-3-2-4-7-14)10-16-11-18(28)25-20(23-16)15-8-5-9-22-12-15/h2-9,11-12,17H,10H2,1H3,(H,24,29)(H,23,25,28)/t17-/m1/s1. The number of amides is 1. The number of aromatic amines is 1. The van der Waals surface area contributed by atoms with Crippen LogP contribution < -0.4 is 10.9 Å². The molecule has 1 amide bonds. The van der Waals surface area contributed by atoms with E-state index in [2.05, 4.69) is 29.9 Å². The van der Waals surface area contributed by atoms with E-state index in [9.17, 15) is 9.59 Å². The largest absolute Gasteiger partial charge is 0.344 e. The van der Waals surface area contributed by atoms with Gasteiger partial charge in [-0.25, -0.2) is 4.98 Å². The number of pyridine rings is 1. The Bertz CT molecular complexity index is 1210. The third kappa shape index (κ3) is 4.47. The maximum atomic E-state index is 12.8. The van der Waals surface area contributed by atoms with Crippen molar-refractivity contribution in [1.82, 2.24) is 29.9 Å². The normalized spacial score (nSPS) is 11.8. The highest BCUT2D eigenvalue weighted by molar-refractivity contribution is 7.08. The molecule has 0 spiro atoms. The third-order valence-electron chi connectivity index (χ3n) is 4.51. The molecule has 8 nitrogen and oxygen atoms in total. The van der Waals surface area contributed by atoms with Crippen molar-refractivity contribution >= 4 is 17.4 Å². The van der Waals surface area contributed by atoms with E-state index in [4.69, 9.17) is 0 Å². The fraction of sp³-hybridized carbons (Fsp3) is 0.143. The molecule has 4 rings (SSSR count). The van der Waals surface area contributed by atoms with Crippen LogP contribution in [-0.2, 0) is 6.42 Å². The second kappa shape index (κ2) is 8.75. The minimum atomic E-state index is -0.378. The first-order chi connectivity index (χ1) is 14.6. The van der Waals surface area contributed by atoms with Gasteiger partial charge in [-0.3, -0.25) is 14.6 Å². The van der Waals surface area contributed by atoms with Crippen LogP contribution >= 0.6 is 11.5 Å². The molecule has 1 aromatic carbocycles. The molecule has 0 bridgehead atoms. The van der Waals surface area contributed by atoms with Crippen molar-refractivity contribution in [3.63, 3.8) is 0 Å². The van der Waals surface area contributed by atoms with Crippen molar-refractivity contribution in [2.75, 3.05) is 0 Å². The summed E-state index contributed by atoms with van der Waals surface area (Å²) >= 11 is 1.05. The van der Waals surface area contributed by atoms with E-state index in [0.717, 1.165) is 17.1 Å². The Morgan fingerprint density at radius 2 is 2.03 bits per heavy atom. The number of carbonyl (C=O) groups is 1. The number of benzene rings is 1. The number of hydrogen-bond donors (Lipinski definition) is 2. The summed E-state index contributed by atoms with van der Waals surface area (Å²) in [6.45, 7) is 1.74. The highest BCUT2D eigenvalue weighted by atomic mass is 32.1. The topological polar surface area (TPSA) is 114 Å². The molecule has 2 N–H and O–H groups in total. The Balaban J connectivity index is 1.65. The maximum absolute atomic E-state index is 12.8. The molecule has 1 atom stereocenters. The number of H-pyrrole nitrogens is 1. The van der Waals surface area contributed by atoms with Gasteiger partial charge >= 0.3 is 0 Å². The Hall–Kier alpha value is -3.72. The number of aromatic nitrogens is 5. The van der Waals surface area contributed by atoms with Gasteiger partial charge in [0.1, 0.15) is 10.7 Å². The summed E-state index contributed by atoms with van der Waals surface area (Å²) in [5.74, 6) is 0.180. The summed E-state index contributed by atoms with van der Waals surface area (Å²) in [6, 6.07) is 14.2. The lowest BCUT2D eigenvalue weighted by molar-refractivity contribution is 0.0939. The molecular formula is C21H18N6O2S. The number of carbonyl (C=O) groups excluding carboxylic acids is 1. The minimum absolute atomic E-state index is 0.256. The summed E-state index contributed by atoms with van der Waals surface area (Å²) in [5.41, 5.74) is 2.50. The number of nitrogens with one attached hydrogen (secondary N) is 2. The summed E-state index contributed by atoms with van der Waals surface area (Å²) in [6.07, 6.45) is 3.64. The zero-order chi connectivity index (χ0) is 20.9. The Labute approximate surface area is 176 Å². The molecule has 0 saturated carbocycles. The Morgan fingerprint density at radius 1 is 1.20 bits per heavy atom. The van der Waals surface area contributed by atoms with Crippen LogP contribution in [-0.4, -0.2) is 30.4 Å². The summed E-state index contributed by atoms with van der Waals surface area (Å²) in [4.78, 5) is 36.9. The average molecular weight is 418 g/mol. The van der Waals surface area contributed by atoms with Crippen LogP contribution in [0.25, 0.3) is 11.4 Å². The Kier molecular flexibility index (Phi) is 5.71. The fourth-order valence-corrected chi connectivity index (χ4v) is 3.62. The van der Waals surface area contributed by atoms with Gasteiger partial charge in [-0.15, -0.1) is 5.10 Å². The van der Waals surface area contributed by atoms with Gasteiger partial charge in [0, 0.05) is 30.4 Å². The molecular weight excluding hydrogens is 400 g/mol. The molecule has 0 fully saturated rings. The van der Waals surface area contributed by atoms with Crippen LogP contribution in [0.5, 0.6) is 0 Å². The van der Waals surface area contributed by atoms with Crippen molar-refractivity contribution in [3.8, 4) is 11.4 Å². The molecule has 3 heterocycles. The smallest absolute Gasteiger partial charge is 0.265 e. The summed E-state index contributed by atoms with van der Waals surface area (Å²) in [7, 11) is 0. The van der Waals surface area contributed by atoms with Gasteiger partial charge in [-0.1, -0.05) is 34.8 Å². The molecule has 30 heavy (non-hydrogen) atoms. The molecule has 150 valence electrons. The van der Waals surface area contributed by atoms with Crippen LogP contribution in [0.2, 0.25) is 0 Å². The van der Waals surface area contributed by atoms with E-state index >= 15 is 0 Å². The molecule has 9 heteroatoms. The van der Waals surface area contributed by atoms with E-state index in [1.807, 2.05) is 36.4 Å². The monoisotopic (exact) mass is 418 g/mol. The highest BCUT2D eigenvalue weighted by Gasteiger charge is 2.20. The van der Waals surface area contributed by atoms with Crippen LogP contribution in [0, 0.1) is 6.92 Å². The second-order valence-corrected chi connectivity index (χ2v) is 7.41. The first-order valence-corrected chi connectivity index (χ1v) is 10.0. The zero-order valence-electron chi connectivity index (χ0n) is 16.1. The van der Waals surface area contributed by atoms with E-state index in [1.165, 1.54) is 6.07 Å². The molecule has 3 aromatic heterocycles. The maximum Gasteiger partial charge on any atom is 0.265 e.